The van der Waals surface area contributed by atoms with Gasteiger partial charge in [0.05, 0.1) is 23.9 Å². The molecule has 34 heavy (non-hydrogen) atoms. The highest BCUT2D eigenvalue weighted by atomic mass is 32.2. The van der Waals surface area contributed by atoms with Gasteiger partial charge in [-0.1, -0.05) is 13.8 Å². The van der Waals surface area contributed by atoms with Crippen molar-refractivity contribution in [1.29, 1.82) is 0 Å². The first kappa shape index (κ1) is 30.0. The molecule has 1 atom stereocenters. The predicted octanol–water partition coefficient (Wildman–Crippen LogP) is 2.56. The Labute approximate surface area is 205 Å². The molecule has 1 saturated heterocycles. The Hall–Kier alpha value is -2.05. The van der Waals surface area contributed by atoms with Gasteiger partial charge in [0, 0.05) is 19.6 Å². The topological polar surface area (TPSA) is 130 Å². The number of carbonyl (C=O) groups is 4. The van der Waals surface area contributed by atoms with Crippen LogP contribution in [0.3, 0.4) is 0 Å². The predicted molar refractivity (Wildman–Crippen MR) is 125 cm³/mol. The zero-order valence-electron chi connectivity index (χ0n) is 21.1. The van der Waals surface area contributed by atoms with Crippen molar-refractivity contribution in [2.24, 2.45) is 5.92 Å². The normalized spacial score (nSPS) is 15.9. The number of hydrogen-bond donors (Lipinski definition) is 1. The molecule has 0 saturated carbocycles. The number of nitrogens with one attached hydrogen (secondary N) is 1. The van der Waals surface area contributed by atoms with Crippen LogP contribution in [-0.2, 0) is 33.3 Å². The Morgan fingerprint density at radius 1 is 0.971 bits per heavy atom. The molecule has 12 heteroatoms. The molecule has 1 N–H and O–H groups in total. The van der Waals surface area contributed by atoms with Crippen molar-refractivity contribution in [2.75, 3.05) is 46.2 Å². The number of ether oxygens (including phenoxy) is 5. The summed E-state index contributed by atoms with van der Waals surface area (Å²) in [7, 11) is 0. The third-order valence-corrected chi connectivity index (χ3v) is 5.59. The van der Waals surface area contributed by atoms with E-state index in [2.05, 4.69) is 10.2 Å². The van der Waals surface area contributed by atoms with Crippen LogP contribution in [0.4, 0.5) is 9.59 Å². The van der Waals surface area contributed by atoms with Gasteiger partial charge in [0.2, 0.25) is 6.79 Å². The number of nitrogens with zero attached hydrogens (tertiary/aromatic N) is 1. The summed E-state index contributed by atoms with van der Waals surface area (Å²) in [6.07, 6.45) is -0.824. The molecule has 11 nitrogen and oxygen atoms in total. The second-order valence-corrected chi connectivity index (χ2v) is 11.1. The van der Waals surface area contributed by atoms with Crippen LogP contribution in [-0.4, -0.2) is 90.9 Å². The molecule has 0 aromatic heterocycles. The minimum Gasteiger partial charge on any atom is -0.463 e. The lowest BCUT2D eigenvalue weighted by molar-refractivity contribution is -0.155. The second kappa shape index (κ2) is 13.7. The Morgan fingerprint density at radius 3 is 2.15 bits per heavy atom. The fourth-order valence-electron chi connectivity index (χ4n) is 2.73. The number of hydrogen-bond acceptors (Lipinski definition) is 11. The van der Waals surface area contributed by atoms with Crippen LogP contribution in [0.2, 0.25) is 0 Å². The standard InChI is InChI=1S/C22H38N2O9S/c1-15(2)17(25)31-14-32-20(28)34-22(6,7)16(23-19(27)33-21(3,4)5)18(26)30-13-10-24-8-11-29-12-9-24/h15-16H,8-14H2,1-7H3,(H,23,27)/t16-/m0/s1. The van der Waals surface area contributed by atoms with E-state index in [1.165, 1.54) is 0 Å². The molecule has 0 aliphatic carbocycles. The van der Waals surface area contributed by atoms with E-state index in [4.69, 9.17) is 23.7 Å². The van der Waals surface area contributed by atoms with Gasteiger partial charge in [-0.2, -0.15) is 0 Å². The van der Waals surface area contributed by atoms with Gasteiger partial charge in [0.1, 0.15) is 18.2 Å². The van der Waals surface area contributed by atoms with Crippen molar-refractivity contribution in [2.45, 2.75) is 64.9 Å². The molecular formula is C22H38N2O9S. The van der Waals surface area contributed by atoms with Crippen LogP contribution in [0.1, 0.15) is 48.5 Å². The van der Waals surface area contributed by atoms with E-state index < -0.39 is 46.5 Å². The number of alkyl carbamates (subject to hydrolysis) is 1. The van der Waals surface area contributed by atoms with Crippen molar-refractivity contribution in [1.82, 2.24) is 10.2 Å². The molecule has 1 aliphatic rings. The lowest BCUT2D eigenvalue weighted by Crippen LogP contribution is -2.54. The fraction of sp³-hybridized carbons (Fsp3) is 0.818. The third-order valence-electron chi connectivity index (χ3n) is 4.54. The number of thioether (sulfide) groups is 1. The van der Waals surface area contributed by atoms with Crippen molar-refractivity contribution < 1.29 is 42.9 Å². The van der Waals surface area contributed by atoms with Gasteiger partial charge in [-0.05, 0) is 46.4 Å². The quantitative estimate of drug-likeness (QED) is 0.266. The molecule has 0 unspecified atom stereocenters. The van der Waals surface area contributed by atoms with Crippen molar-refractivity contribution in [3.8, 4) is 0 Å². The van der Waals surface area contributed by atoms with E-state index in [1.807, 2.05) is 0 Å². The van der Waals surface area contributed by atoms with E-state index in [9.17, 15) is 19.2 Å². The van der Waals surface area contributed by atoms with Crippen LogP contribution < -0.4 is 5.32 Å². The van der Waals surface area contributed by atoms with Gasteiger partial charge in [-0.15, -0.1) is 0 Å². The molecule has 1 rings (SSSR count). The maximum atomic E-state index is 12.9. The van der Waals surface area contributed by atoms with E-state index >= 15 is 0 Å². The first-order valence-electron chi connectivity index (χ1n) is 11.2. The molecule has 0 spiro atoms. The minimum absolute atomic E-state index is 0.113. The van der Waals surface area contributed by atoms with Gasteiger partial charge in [-0.3, -0.25) is 9.69 Å². The Bertz CT molecular complexity index is 701. The maximum absolute atomic E-state index is 12.9. The molecule has 0 aromatic rings. The van der Waals surface area contributed by atoms with Crippen LogP contribution >= 0.6 is 11.8 Å². The molecular weight excluding hydrogens is 468 g/mol. The van der Waals surface area contributed by atoms with E-state index in [0.717, 1.165) is 13.1 Å². The van der Waals surface area contributed by atoms with Gasteiger partial charge >= 0.3 is 23.3 Å². The zero-order chi connectivity index (χ0) is 25.9. The lowest BCUT2D eigenvalue weighted by Gasteiger charge is -2.32. The molecule has 1 heterocycles. The maximum Gasteiger partial charge on any atom is 0.408 e. The Morgan fingerprint density at radius 2 is 1.59 bits per heavy atom. The number of morpholine rings is 1. The largest absolute Gasteiger partial charge is 0.463 e. The summed E-state index contributed by atoms with van der Waals surface area (Å²) in [6.45, 7) is 14.4. The summed E-state index contributed by atoms with van der Waals surface area (Å²) in [6, 6.07) is -1.22. The summed E-state index contributed by atoms with van der Waals surface area (Å²) in [5.41, 5.74) is -0.786. The number of amides is 1. The smallest absolute Gasteiger partial charge is 0.408 e. The van der Waals surface area contributed by atoms with Gasteiger partial charge in [-0.25, -0.2) is 14.4 Å². The lowest BCUT2D eigenvalue weighted by atomic mass is 10.0. The van der Waals surface area contributed by atoms with E-state index in [1.54, 1.807) is 48.5 Å². The van der Waals surface area contributed by atoms with Crippen LogP contribution in [0.5, 0.6) is 0 Å². The molecule has 1 aliphatic heterocycles. The highest BCUT2D eigenvalue weighted by Gasteiger charge is 2.41. The number of esters is 2. The fourth-order valence-corrected chi connectivity index (χ4v) is 3.54. The highest BCUT2D eigenvalue weighted by molar-refractivity contribution is 8.14. The SMILES string of the molecule is CC(C)C(=O)OCOC(=O)SC(C)(C)[C@@H](NC(=O)OC(C)(C)C)C(=O)OCCN1CCOCC1. The Balaban J connectivity index is 2.76. The van der Waals surface area contributed by atoms with Crippen LogP contribution in [0, 0.1) is 5.92 Å². The third kappa shape index (κ3) is 11.9. The Kier molecular flexibility index (Phi) is 12.1. The zero-order valence-corrected chi connectivity index (χ0v) is 22.0. The summed E-state index contributed by atoms with van der Waals surface area (Å²) < 4.78 is 24.6. The first-order valence-corrected chi connectivity index (χ1v) is 12.0. The molecule has 0 bridgehead atoms. The number of rotatable bonds is 10. The van der Waals surface area contributed by atoms with Crippen molar-refractivity contribution in [3.05, 3.63) is 0 Å². The minimum atomic E-state index is -1.22. The van der Waals surface area contributed by atoms with Gasteiger partial charge < -0.3 is 29.0 Å². The van der Waals surface area contributed by atoms with Crippen molar-refractivity contribution >= 4 is 35.1 Å². The summed E-state index contributed by atoms with van der Waals surface area (Å²) in [5, 5.41) is 1.73. The molecule has 0 aromatic carbocycles. The first-order chi connectivity index (χ1) is 15.7. The van der Waals surface area contributed by atoms with Crippen LogP contribution in [0.15, 0.2) is 0 Å². The van der Waals surface area contributed by atoms with Gasteiger partial charge in [0.25, 0.3) is 0 Å². The van der Waals surface area contributed by atoms with Crippen LogP contribution in [0.25, 0.3) is 0 Å². The molecule has 196 valence electrons. The number of carbonyl (C=O) groups excluding carboxylic acids is 4. The second-order valence-electron chi connectivity index (χ2n) is 9.54. The summed E-state index contributed by atoms with van der Waals surface area (Å²) >= 11 is 0.669. The molecule has 0 radical (unpaired) electrons. The average molecular weight is 507 g/mol. The monoisotopic (exact) mass is 506 g/mol. The highest BCUT2D eigenvalue weighted by Crippen LogP contribution is 2.31. The molecule has 1 fully saturated rings. The van der Waals surface area contributed by atoms with E-state index in [-0.39, 0.29) is 12.5 Å². The van der Waals surface area contributed by atoms with Gasteiger partial charge in [0.15, 0.2) is 0 Å². The van der Waals surface area contributed by atoms with E-state index in [0.29, 0.717) is 31.5 Å². The van der Waals surface area contributed by atoms with Crippen molar-refractivity contribution in [3.63, 3.8) is 0 Å². The average Bonchev–Trinajstić information content (AvgIpc) is 2.70. The molecule has 1 amide bonds. The summed E-state index contributed by atoms with van der Waals surface area (Å²) in [4.78, 5) is 51.2. The summed E-state index contributed by atoms with van der Waals surface area (Å²) in [5.74, 6) is -1.58.